The molecule has 0 aliphatic heterocycles. The maximum Gasteiger partial charge on any atom is 0.321 e. The minimum absolute atomic E-state index is 0.204. The van der Waals surface area contributed by atoms with Gasteiger partial charge in [-0.3, -0.25) is 0 Å². The number of rotatable bonds is 7. The standard InChI is InChI=1S/C19H19BrN4O3/c1-24(19(25)21-15-7-5-6-14(20)12-15)11-10-17-22-18(27-23-17)13-26-16-8-3-2-4-9-16/h2-9,12H,10-11,13H2,1H3,(H,21,25). The average molecular weight is 431 g/mol. The van der Waals surface area contributed by atoms with Crippen LogP contribution in [0.25, 0.3) is 0 Å². The predicted molar refractivity (Wildman–Crippen MR) is 105 cm³/mol. The molecule has 0 saturated carbocycles. The molecule has 1 heterocycles. The number of carbonyl (C=O) groups is 1. The largest absolute Gasteiger partial charge is 0.484 e. The maximum atomic E-state index is 12.2. The van der Waals surface area contributed by atoms with Crippen LogP contribution >= 0.6 is 15.9 Å². The molecule has 27 heavy (non-hydrogen) atoms. The minimum atomic E-state index is -0.204. The van der Waals surface area contributed by atoms with E-state index in [4.69, 9.17) is 9.26 Å². The molecule has 2 amide bonds. The molecule has 1 aromatic heterocycles. The zero-order valence-electron chi connectivity index (χ0n) is 14.8. The Balaban J connectivity index is 1.45. The van der Waals surface area contributed by atoms with Crippen LogP contribution in [0.3, 0.4) is 0 Å². The molecule has 0 spiro atoms. The number of hydrogen-bond donors (Lipinski definition) is 1. The van der Waals surface area contributed by atoms with E-state index in [1.807, 2.05) is 54.6 Å². The van der Waals surface area contributed by atoms with Crippen LogP contribution in [-0.2, 0) is 13.0 Å². The highest BCUT2D eigenvalue weighted by atomic mass is 79.9. The van der Waals surface area contributed by atoms with Crippen LogP contribution in [0.2, 0.25) is 0 Å². The van der Waals surface area contributed by atoms with Crippen LogP contribution in [0, 0.1) is 0 Å². The summed E-state index contributed by atoms with van der Waals surface area (Å²) in [5.41, 5.74) is 0.723. The number of anilines is 1. The van der Waals surface area contributed by atoms with E-state index < -0.39 is 0 Å². The molecule has 1 N–H and O–H groups in total. The Hall–Kier alpha value is -2.87. The summed E-state index contributed by atoms with van der Waals surface area (Å²) in [6.45, 7) is 0.661. The summed E-state index contributed by atoms with van der Waals surface area (Å²) in [5.74, 6) is 1.67. The molecule has 0 aliphatic rings. The van der Waals surface area contributed by atoms with Crippen LogP contribution in [0.15, 0.2) is 63.6 Å². The van der Waals surface area contributed by atoms with Crippen molar-refractivity contribution in [2.24, 2.45) is 0 Å². The number of aromatic nitrogens is 2. The first-order valence-corrected chi connectivity index (χ1v) is 9.16. The fraction of sp³-hybridized carbons (Fsp3) is 0.211. The van der Waals surface area contributed by atoms with Gasteiger partial charge in [-0.1, -0.05) is 45.4 Å². The molecule has 0 aliphatic carbocycles. The third kappa shape index (κ3) is 5.82. The van der Waals surface area contributed by atoms with E-state index in [0.717, 1.165) is 15.9 Å². The number of ether oxygens (including phenoxy) is 1. The number of carbonyl (C=O) groups excluding carboxylic acids is 1. The van der Waals surface area contributed by atoms with Gasteiger partial charge in [0.2, 0.25) is 0 Å². The third-order valence-corrected chi connectivity index (χ3v) is 4.20. The van der Waals surface area contributed by atoms with Gasteiger partial charge in [-0.2, -0.15) is 4.98 Å². The van der Waals surface area contributed by atoms with E-state index >= 15 is 0 Å². The number of nitrogens with one attached hydrogen (secondary N) is 1. The van der Waals surface area contributed by atoms with Crippen LogP contribution in [0.5, 0.6) is 5.75 Å². The van der Waals surface area contributed by atoms with E-state index in [9.17, 15) is 4.79 Å². The van der Waals surface area contributed by atoms with Crippen LogP contribution < -0.4 is 10.1 Å². The van der Waals surface area contributed by atoms with Crippen molar-refractivity contribution in [1.29, 1.82) is 0 Å². The van der Waals surface area contributed by atoms with Crippen molar-refractivity contribution in [3.05, 3.63) is 70.8 Å². The first-order valence-electron chi connectivity index (χ1n) is 8.37. The zero-order valence-corrected chi connectivity index (χ0v) is 16.3. The molecular formula is C19H19BrN4O3. The summed E-state index contributed by atoms with van der Waals surface area (Å²) in [5, 5.41) is 6.76. The highest BCUT2D eigenvalue weighted by Crippen LogP contribution is 2.16. The van der Waals surface area contributed by atoms with Gasteiger partial charge in [-0.15, -0.1) is 0 Å². The van der Waals surface area contributed by atoms with Gasteiger partial charge in [-0.25, -0.2) is 4.79 Å². The molecule has 2 aromatic carbocycles. The van der Waals surface area contributed by atoms with Crippen molar-refractivity contribution in [1.82, 2.24) is 15.0 Å². The number of halogens is 1. The quantitative estimate of drug-likeness (QED) is 0.609. The lowest BCUT2D eigenvalue weighted by Gasteiger charge is -2.17. The Morgan fingerprint density at radius 3 is 2.81 bits per heavy atom. The van der Waals surface area contributed by atoms with Gasteiger partial charge in [0.05, 0.1) is 0 Å². The highest BCUT2D eigenvalue weighted by molar-refractivity contribution is 9.10. The van der Waals surface area contributed by atoms with Crippen molar-refractivity contribution in [2.75, 3.05) is 18.9 Å². The predicted octanol–water partition coefficient (Wildman–Crippen LogP) is 4.12. The van der Waals surface area contributed by atoms with Crippen LogP contribution in [-0.4, -0.2) is 34.7 Å². The van der Waals surface area contributed by atoms with Gasteiger partial charge in [0, 0.05) is 30.2 Å². The Kier molecular flexibility index (Phi) is 6.43. The normalized spacial score (nSPS) is 10.4. The minimum Gasteiger partial charge on any atom is -0.484 e. The zero-order chi connectivity index (χ0) is 19.1. The summed E-state index contributed by atoms with van der Waals surface area (Å²) in [7, 11) is 1.72. The van der Waals surface area contributed by atoms with Crippen LogP contribution in [0.4, 0.5) is 10.5 Å². The lowest BCUT2D eigenvalue weighted by atomic mass is 10.3. The molecule has 0 saturated heterocycles. The van der Waals surface area contributed by atoms with Gasteiger partial charge >= 0.3 is 6.03 Å². The van der Waals surface area contributed by atoms with Gasteiger partial charge in [0.15, 0.2) is 12.4 Å². The number of urea groups is 1. The molecule has 0 radical (unpaired) electrons. The summed E-state index contributed by atoms with van der Waals surface area (Å²) < 4.78 is 11.7. The monoisotopic (exact) mass is 430 g/mol. The Morgan fingerprint density at radius 2 is 2.04 bits per heavy atom. The summed E-state index contributed by atoms with van der Waals surface area (Å²) >= 11 is 3.38. The molecule has 140 valence electrons. The van der Waals surface area contributed by atoms with Crippen molar-refractivity contribution in [3.63, 3.8) is 0 Å². The Bertz CT molecular complexity index is 885. The SMILES string of the molecule is CN(CCc1noc(COc2ccccc2)n1)C(=O)Nc1cccc(Br)c1. The van der Waals surface area contributed by atoms with E-state index in [0.29, 0.717) is 24.7 Å². The Morgan fingerprint density at radius 1 is 1.22 bits per heavy atom. The van der Waals surface area contributed by atoms with Crippen LogP contribution in [0.1, 0.15) is 11.7 Å². The smallest absolute Gasteiger partial charge is 0.321 e. The molecule has 7 nitrogen and oxygen atoms in total. The molecule has 3 rings (SSSR count). The van der Waals surface area contributed by atoms with Crippen molar-refractivity contribution >= 4 is 27.6 Å². The second-order valence-electron chi connectivity index (χ2n) is 5.82. The molecular weight excluding hydrogens is 412 g/mol. The molecule has 8 heteroatoms. The highest BCUT2D eigenvalue weighted by Gasteiger charge is 2.12. The second kappa shape index (κ2) is 9.18. The molecule has 0 fully saturated rings. The lowest BCUT2D eigenvalue weighted by Crippen LogP contribution is -2.33. The summed E-state index contributed by atoms with van der Waals surface area (Å²) in [6, 6.07) is 16.6. The third-order valence-electron chi connectivity index (χ3n) is 3.71. The van der Waals surface area contributed by atoms with E-state index in [1.165, 1.54) is 0 Å². The Labute approximate surface area is 165 Å². The molecule has 0 bridgehead atoms. The van der Waals surface area contributed by atoms with Crippen molar-refractivity contribution < 1.29 is 14.1 Å². The number of amides is 2. The van der Waals surface area contributed by atoms with Crippen molar-refractivity contribution in [3.8, 4) is 5.75 Å². The number of likely N-dealkylation sites (N-methyl/N-ethyl adjacent to an activating group) is 1. The maximum absolute atomic E-state index is 12.2. The van der Waals surface area contributed by atoms with E-state index in [-0.39, 0.29) is 12.6 Å². The van der Waals surface area contributed by atoms with E-state index in [1.54, 1.807) is 11.9 Å². The van der Waals surface area contributed by atoms with Gasteiger partial charge in [0.25, 0.3) is 5.89 Å². The fourth-order valence-corrected chi connectivity index (χ4v) is 2.67. The molecule has 3 aromatic rings. The fourth-order valence-electron chi connectivity index (χ4n) is 2.27. The van der Waals surface area contributed by atoms with E-state index in [2.05, 4.69) is 31.4 Å². The first-order chi connectivity index (χ1) is 13.1. The van der Waals surface area contributed by atoms with Gasteiger partial charge < -0.3 is 19.5 Å². The lowest BCUT2D eigenvalue weighted by molar-refractivity contribution is 0.222. The topological polar surface area (TPSA) is 80.5 Å². The summed E-state index contributed by atoms with van der Waals surface area (Å²) in [6.07, 6.45) is 0.483. The number of hydrogen-bond acceptors (Lipinski definition) is 5. The average Bonchev–Trinajstić information content (AvgIpc) is 3.13. The number of para-hydroxylation sites is 1. The van der Waals surface area contributed by atoms with Crippen molar-refractivity contribution in [2.45, 2.75) is 13.0 Å². The number of benzene rings is 2. The molecule has 0 unspecified atom stereocenters. The molecule has 0 atom stereocenters. The van der Waals surface area contributed by atoms with Gasteiger partial charge in [0.1, 0.15) is 5.75 Å². The number of nitrogens with zero attached hydrogens (tertiary/aromatic N) is 3. The second-order valence-corrected chi connectivity index (χ2v) is 6.73. The first kappa shape index (κ1) is 18.9. The summed E-state index contributed by atoms with van der Waals surface area (Å²) in [4.78, 5) is 18.1. The van der Waals surface area contributed by atoms with Gasteiger partial charge in [-0.05, 0) is 30.3 Å².